The van der Waals surface area contributed by atoms with Crippen LogP contribution in [0.4, 0.5) is 17.1 Å². The molecule has 0 saturated heterocycles. The summed E-state index contributed by atoms with van der Waals surface area (Å²) in [6.45, 7) is 2.20. The molecule has 1 heterocycles. The second-order valence-corrected chi connectivity index (χ2v) is 13.0. The van der Waals surface area contributed by atoms with Crippen molar-refractivity contribution in [1.29, 1.82) is 0 Å². The van der Waals surface area contributed by atoms with Crippen molar-refractivity contribution in [3.63, 3.8) is 0 Å². The van der Waals surface area contributed by atoms with Gasteiger partial charge in [-0.3, -0.25) is 0 Å². The van der Waals surface area contributed by atoms with Crippen molar-refractivity contribution < 1.29 is 0 Å². The zero-order chi connectivity index (χ0) is 34.1. The van der Waals surface area contributed by atoms with Gasteiger partial charge in [-0.15, -0.1) is 0 Å². The van der Waals surface area contributed by atoms with E-state index in [0.717, 1.165) is 22.7 Å². The highest BCUT2D eigenvalue weighted by Crippen LogP contribution is 2.47. The number of aryl methyl sites for hydroxylation is 1. The number of nitrogens with zero attached hydrogens (tertiary/aromatic N) is 2. The van der Waals surface area contributed by atoms with Crippen LogP contribution in [0, 0.1) is 6.92 Å². The van der Waals surface area contributed by atoms with Gasteiger partial charge in [-0.1, -0.05) is 158 Å². The van der Waals surface area contributed by atoms with Gasteiger partial charge in [0.05, 0.1) is 22.4 Å². The molecule has 0 atom stereocenters. The monoisotopic (exact) mass is 652 g/mol. The molecule has 9 rings (SSSR count). The molecule has 1 aromatic heterocycles. The van der Waals surface area contributed by atoms with E-state index in [1.807, 2.05) is 0 Å². The number of aromatic nitrogens is 1. The molecule has 2 heteroatoms. The standard InChI is InChI=1S/C49H36N2/c1-35-15-8-11-22-44(35)51(45-23-12-9-20-42(45)40-18-6-3-7-19-40)48-26-14-25-47-49(48)43-21-10-13-24-46(43)50(47)41-33-31-39(32-34-41)38-29-27-37(28-30-38)36-16-4-2-5-17-36/h2-34H,1H3. The molecule has 0 aliphatic rings. The summed E-state index contributed by atoms with van der Waals surface area (Å²) in [4.78, 5) is 2.46. The van der Waals surface area contributed by atoms with E-state index >= 15 is 0 Å². The summed E-state index contributed by atoms with van der Waals surface area (Å²) < 4.78 is 2.41. The van der Waals surface area contributed by atoms with Crippen LogP contribution in [0.3, 0.4) is 0 Å². The molecule has 0 aliphatic heterocycles. The molecule has 0 fully saturated rings. The van der Waals surface area contributed by atoms with Gasteiger partial charge in [0.15, 0.2) is 0 Å². The van der Waals surface area contributed by atoms with Crippen LogP contribution >= 0.6 is 0 Å². The van der Waals surface area contributed by atoms with Crippen molar-refractivity contribution in [2.45, 2.75) is 6.92 Å². The minimum atomic E-state index is 1.13. The van der Waals surface area contributed by atoms with Gasteiger partial charge in [0.1, 0.15) is 0 Å². The second-order valence-electron chi connectivity index (χ2n) is 13.0. The summed E-state index contributed by atoms with van der Waals surface area (Å²) in [5.41, 5.74) is 15.4. The van der Waals surface area contributed by atoms with Crippen LogP contribution in [0.2, 0.25) is 0 Å². The van der Waals surface area contributed by atoms with Gasteiger partial charge < -0.3 is 9.47 Å². The molecule has 2 nitrogen and oxygen atoms in total. The van der Waals surface area contributed by atoms with E-state index in [1.165, 1.54) is 60.8 Å². The Balaban J connectivity index is 1.21. The van der Waals surface area contributed by atoms with Crippen molar-refractivity contribution in [3.8, 4) is 39.1 Å². The minimum Gasteiger partial charge on any atom is -0.309 e. The van der Waals surface area contributed by atoms with Crippen LogP contribution in [0.25, 0.3) is 60.9 Å². The molecule has 0 bridgehead atoms. The van der Waals surface area contributed by atoms with Gasteiger partial charge in [0.25, 0.3) is 0 Å². The number of hydrogen-bond donors (Lipinski definition) is 0. The maximum atomic E-state index is 2.46. The summed E-state index contributed by atoms with van der Waals surface area (Å²) in [7, 11) is 0. The van der Waals surface area contributed by atoms with Crippen molar-refractivity contribution >= 4 is 38.9 Å². The summed E-state index contributed by atoms with van der Waals surface area (Å²) in [5.74, 6) is 0. The molecule has 0 aliphatic carbocycles. The van der Waals surface area contributed by atoms with Crippen molar-refractivity contribution in [3.05, 3.63) is 206 Å². The van der Waals surface area contributed by atoms with E-state index in [9.17, 15) is 0 Å². The Morgan fingerprint density at radius 2 is 0.843 bits per heavy atom. The van der Waals surface area contributed by atoms with Gasteiger partial charge in [-0.2, -0.15) is 0 Å². The van der Waals surface area contributed by atoms with Crippen LogP contribution < -0.4 is 4.90 Å². The topological polar surface area (TPSA) is 8.17 Å². The van der Waals surface area contributed by atoms with Gasteiger partial charge in [-0.05, 0) is 82.8 Å². The summed E-state index contributed by atoms with van der Waals surface area (Å²) in [6, 6.07) is 72.1. The molecule has 51 heavy (non-hydrogen) atoms. The van der Waals surface area contributed by atoms with Crippen molar-refractivity contribution in [1.82, 2.24) is 4.57 Å². The number of anilines is 3. The lowest BCUT2D eigenvalue weighted by Crippen LogP contribution is -2.13. The number of rotatable bonds is 7. The van der Waals surface area contributed by atoms with Gasteiger partial charge in [0.2, 0.25) is 0 Å². The third kappa shape index (κ3) is 5.48. The number of para-hydroxylation sites is 3. The lowest BCUT2D eigenvalue weighted by atomic mass is 10.00. The fourth-order valence-electron chi connectivity index (χ4n) is 7.49. The highest BCUT2D eigenvalue weighted by atomic mass is 15.2. The molecule has 0 unspecified atom stereocenters. The van der Waals surface area contributed by atoms with E-state index < -0.39 is 0 Å². The first-order valence-corrected chi connectivity index (χ1v) is 17.5. The average molecular weight is 653 g/mol. The van der Waals surface area contributed by atoms with Crippen LogP contribution in [-0.4, -0.2) is 4.57 Å². The van der Waals surface area contributed by atoms with Crippen LogP contribution in [-0.2, 0) is 0 Å². The molecule has 0 N–H and O–H groups in total. The Labute approximate surface area is 299 Å². The highest BCUT2D eigenvalue weighted by molar-refractivity contribution is 6.17. The molecule has 0 saturated carbocycles. The average Bonchev–Trinajstić information content (AvgIpc) is 3.55. The normalized spacial score (nSPS) is 11.2. The fourth-order valence-corrected chi connectivity index (χ4v) is 7.49. The van der Waals surface area contributed by atoms with Crippen LogP contribution in [0.5, 0.6) is 0 Å². The SMILES string of the molecule is Cc1ccccc1N(c1ccccc1-c1ccccc1)c1cccc2c1c1ccccc1n2-c1ccc(-c2ccc(-c3ccccc3)cc2)cc1. The lowest BCUT2D eigenvalue weighted by molar-refractivity contribution is 1.18. The Morgan fingerprint density at radius 1 is 0.353 bits per heavy atom. The summed E-state index contributed by atoms with van der Waals surface area (Å²) >= 11 is 0. The quantitative estimate of drug-likeness (QED) is 0.166. The Kier molecular flexibility index (Phi) is 7.75. The predicted octanol–water partition coefficient (Wildman–Crippen LogP) is 13.6. The zero-order valence-electron chi connectivity index (χ0n) is 28.4. The van der Waals surface area contributed by atoms with E-state index in [1.54, 1.807) is 0 Å². The Morgan fingerprint density at radius 3 is 1.53 bits per heavy atom. The third-order valence-corrected chi connectivity index (χ3v) is 9.95. The van der Waals surface area contributed by atoms with Crippen molar-refractivity contribution in [2.75, 3.05) is 4.90 Å². The number of benzene rings is 8. The van der Waals surface area contributed by atoms with E-state index in [0.29, 0.717) is 0 Å². The summed E-state index contributed by atoms with van der Waals surface area (Å²) in [6.07, 6.45) is 0. The molecule has 9 aromatic rings. The fraction of sp³-hybridized carbons (Fsp3) is 0.0204. The van der Waals surface area contributed by atoms with Crippen LogP contribution in [0.15, 0.2) is 200 Å². The zero-order valence-corrected chi connectivity index (χ0v) is 28.4. The second kappa shape index (κ2) is 13.0. The Bertz CT molecular complexity index is 2620. The largest absolute Gasteiger partial charge is 0.309 e. The highest BCUT2D eigenvalue weighted by Gasteiger charge is 2.23. The molecule has 0 spiro atoms. The van der Waals surface area contributed by atoms with Gasteiger partial charge in [-0.25, -0.2) is 0 Å². The number of hydrogen-bond acceptors (Lipinski definition) is 1. The molecule has 0 amide bonds. The summed E-state index contributed by atoms with van der Waals surface area (Å²) in [5, 5.41) is 2.44. The first-order chi connectivity index (χ1) is 25.2. The molecule has 242 valence electrons. The van der Waals surface area contributed by atoms with E-state index in [4.69, 9.17) is 0 Å². The Hall–Kier alpha value is -6.64. The maximum Gasteiger partial charge on any atom is 0.0562 e. The molecule has 0 radical (unpaired) electrons. The van der Waals surface area contributed by atoms with Gasteiger partial charge in [0, 0.05) is 27.7 Å². The van der Waals surface area contributed by atoms with Gasteiger partial charge >= 0.3 is 0 Å². The predicted molar refractivity (Wildman–Crippen MR) is 217 cm³/mol. The maximum absolute atomic E-state index is 2.46. The smallest absolute Gasteiger partial charge is 0.0562 e. The number of fused-ring (bicyclic) bond motifs is 3. The first-order valence-electron chi connectivity index (χ1n) is 17.5. The molecular weight excluding hydrogens is 617 g/mol. The van der Waals surface area contributed by atoms with E-state index in [2.05, 4.69) is 217 Å². The minimum absolute atomic E-state index is 1.13. The third-order valence-electron chi connectivity index (χ3n) is 9.95. The molecular formula is C49H36N2. The van der Waals surface area contributed by atoms with Crippen LogP contribution in [0.1, 0.15) is 5.56 Å². The van der Waals surface area contributed by atoms with Crippen molar-refractivity contribution in [2.24, 2.45) is 0 Å². The van der Waals surface area contributed by atoms with E-state index in [-0.39, 0.29) is 0 Å². The first kappa shape index (κ1) is 30.4. The molecule has 8 aromatic carbocycles. The lowest BCUT2D eigenvalue weighted by Gasteiger charge is -2.30.